The molecule has 0 radical (unpaired) electrons. The minimum atomic E-state index is 0.367. The van der Waals surface area contributed by atoms with E-state index in [0.29, 0.717) is 22.9 Å². The van der Waals surface area contributed by atoms with Crippen LogP contribution in [0.2, 0.25) is 0 Å². The molecule has 0 saturated heterocycles. The topological polar surface area (TPSA) is 80.0 Å². The fourth-order valence-electron chi connectivity index (χ4n) is 2.65. The van der Waals surface area contributed by atoms with Crippen molar-refractivity contribution in [1.29, 1.82) is 0 Å². The summed E-state index contributed by atoms with van der Waals surface area (Å²) in [5, 5.41) is 11.0. The molecule has 0 bridgehead atoms. The molecular weight excluding hydrogens is 443 g/mol. The van der Waals surface area contributed by atoms with Gasteiger partial charge in [0.2, 0.25) is 11.3 Å². The first kappa shape index (κ1) is 16.7. The number of fused-ring (bicyclic) bond motifs is 1. The molecule has 0 aliphatic rings. The van der Waals surface area contributed by atoms with E-state index >= 15 is 0 Å². The molecule has 0 aliphatic heterocycles. The summed E-state index contributed by atoms with van der Waals surface area (Å²) in [4.78, 5) is 11.3. The Kier molecular flexibility index (Phi) is 4.65. The van der Waals surface area contributed by atoms with Gasteiger partial charge in [-0.2, -0.15) is 0 Å². The Balaban J connectivity index is 1.85. The number of aromatic nitrogens is 4. The van der Waals surface area contributed by atoms with Gasteiger partial charge in [0.1, 0.15) is 0 Å². The first-order chi connectivity index (χ1) is 12.8. The Bertz CT molecular complexity index is 1040. The summed E-state index contributed by atoms with van der Waals surface area (Å²) in [6.45, 7) is 2.78. The summed E-state index contributed by atoms with van der Waals surface area (Å²) in [7, 11) is 0. The number of nitrogens with one attached hydrogen (secondary N) is 1. The van der Waals surface area contributed by atoms with Gasteiger partial charge in [-0.05, 0) is 64.1 Å². The van der Waals surface area contributed by atoms with Crippen LogP contribution in [-0.4, -0.2) is 26.8 Å². The van der Waals surface area contributed by atoms with Gasteiger partial charge < -0.3 is 10.2 Å². The Hall–Kier alpha value is -2.75. The maximum atomic E-state index is 4.80. The van der Waals surface area contributed by atoms with Gasteiger partial charge in [-0.25, -0.2) is 14.6 Å². The van der Waals surface area contributed by atoms with Gasteiger partial charge in [0.25, 0.3) is 0 Å². The lowest BCUT2D eigenvalue weighted by Crippen LogP contribution is -2.19. The van der Waals surface area contributed by atoms with Crippen molar-refractivity contribution in [3.8, 4) is 0 Å². The number of para-hydroxylation sites is 2. The molecular formula is C18H15IN6O. The molecule has 130 valence electrons. The molecule has 0 unspecified atom stereocenters. The second kappa shape index (κ2) is 7.24. The van der Waals surface area contributed by atoms with Gasteiger partial charge in [0, 0.05) is 15.8 Å². The molecule has 2 aromatic carbocycles. The highest BCUT2D eigenvalue weighted by molar-refractivity contribution is 14.1. The van der Waals surface area contributed by atoms with E-state index in [0.717, 1.165) is 21.5 Å². The zero-order valence-electron chi connectivity index (χ0n) is 13.9. The number of rotatable bonds is 5. The Labute approximate surface area is 163 Å². The van der Waals surface area contributed by atoms with Gasteiger partial charge in [0.15, 0.2) is 11.6 Å². The summed E-state index contributed by atoms with van der Waals surface area (Å²) >= 11 is 2.28. The number of hydrogen-bond acceptors (Lipinski definition) is 7. The third kappa shape index (κ3) is 3.19. The highest BCUT2D eigenvalue weighted by Gasteiger charge is 2.19. The smallest absolute Gasteiger partial charge is 0.245 e. The molecule has 0 atom stereocenters. The highest BCUT2D eigenvalue weighted by Crippen LogP contribution is 2.32. The Morgan fingerprint density at radius 1 is 0.962 bits per heavy atom. The van der Waals surface area contributed by atoms with Crippen LogP contribution >= 0.6 is 22.6 Å². The molecule has 4 rings (SSSR count). The van der Waals surface area contributed by atoms with E-state index in [1.807, 2.05) is 54.6 Å². The van der Waals surface area contributed by atoms with E-state index in [1.54, 1.807) is 0 Å². The van der Waals surface area contributed by atoms with Crippen molar-refractivity contribution in [2.24, 2.45) is 0 Å². The van der Waals surface area contributed by atoms with Crippen molar-refractivity contribution in [2.45, 2.75) is 6.92 Å². The number of benzene rings is 2. The quantitative estimate of drug-likeness (QED) is 0.441. The average molecular weight is 458 g/mol. The van der Waals surface area contributed by atoms with Crippen molar-refractivity contribution in [3.63, 3.8) is 0 Å². The van der Waals surface area contributed by atoms with Crippen molar-refractivity contribution in [3.05, 3.63) is 58.2 Å². The van der Waals surface area contributed by atoms with E-state index in [1.165, 1.54) is 0 Å². The third-order valence-electron chi connectivity index (χ3n) is 3.86. The summed E-state index contributed by atoms with van der Waals surface area (Å²) in [5.41, 5.74) is 2.71. The van der Waals surface area contributed by atoms with Gasteiger partial charge in [0.05, 0.1) is 5.69 Å². The lowest BCUT2D eigenvalue weighted by molar-refractivity contribution is 0.314. The molecule has 26 heavy (non-hydrogen) atoms. The van der Waals surface area contributed by atoms with E-state index in [-0.39, 0.29) is 0 Å². The standard InChI is InChI=1S/C18H15IN6O/c1-2-25(12-8-4-3-5-9-12)18-17(20-14-11-7-6-10-13(14)19)21-15-16(22-18)24-26-23-15/h3-11H,2H2,1H3,(H,20,21,23). The molecule has 7 nitrogen and oxygen atoms in total. The summed E-state index contributed by atoms with van der Waals surface area (Å²) in [5.74, 6) is 1.27. The lowest BCUT2D eigenvalue weighted by atomic mass is 10.2. The molecule has 0 spiro atoms. The first-order valence-electron chi connectivity index (χ1n) is 8.10. The van der Waals surface area contributed by atoms with E-state index in [2.05, 4.69) is 60.0 Å². The van der Waals surface area contributed by atoms with Crippen LogP contribution in [0.5, 0.6) is 0 Å². The molecule has 0 amide bonds. The van der Waals surface area contributed by atoms with Gasteiger partial charge in [-0.1, -0.05) is 30.3 Å². The average Bonchev–Trinajstić information content (AvgIpc) is 3.12. The predicted molar refractivity (Wildman–Crippen MR) is 109 cm³/mol. The maximum Gasteiger partial charge on any atom is 0.245 e. The van der Waals surface area contributed by atoms with Crippen molar-refractivity contribution >= 4 is 56.9 Å². The SMILES string of the molecule is CCN(c1ccccc1)c1nc2nonc2nc1Nc1ccccc1I. The Morgan fingerprint density at radius 2 is 1.65 bits per heavy atom. The molecule has 2 heterocycles. The summed E-state index contributed by atoms with van der Waals surface area (Å²) in [6, 6.07) is 18.0. The Morgan fingerprint density at radius 3 is 2.38 bits per heavy atom. The molecule has 8 heteroatoms. The zero-order valence-corrected chi connectivity index (χ0v) is 16.1. The van der Waals surface area contributed by atoms with Crippen LogP contribution in [0, 0.1) is 3.57 Å². The molecule has 0 fully saturated rings. The van der Waals surface area contributed by atoms with Crippen LogP contribution in [0.25, 0.3) is 11.3 Å². The fraction of sp³-hybridized carbons (Fsp3) is 0.111. The van der Waals surface area contributed by atoms with Crippen molar-refractivity contribution in [1.82, 2.24) is 20.3 Å². The largest absolute Gasteiger partial charge is 0.336 e. The molecule has 0 aliphatic carbocycles. The minimum absolute atomic E-state index is 0.367. The predicted octanol–water partition coefficient (Wildman–Crippen LogP) is 4.52. The van der Waals surface area contributed by atoms with E-state index in [9.17, 15) is 0 Å². The maximum absolute atomic E-state index is 4.80. The lowest BCUT2D eigenvalue weighted by Gasteiger charge is -2.24. The van der Waals surface area contributed by atoms with E-state index < -0.39 is 0 Å². The number of nitrogens with zero attached hydrogens (tertiary/aromatic N) is 5. The summed E-state index contributed by atoms with van der Waals surface area (Å²) in [6.07, 6.45) is 0. The van der Waals surface area contributed by atoms with Crippen LogP contribution in [0.4, 0.5) is 23.0 Å². The fourth-order valence-corrected chi connectivity index (χ4v) is 3.18. The van der Waals surface area contributed by atoms with Gasteiger partial charge in [-0.3, -0.25) is 0 Å². The minimum Gasteiger partial charge on any atom is -0.336 e. The highest BCUT2D eigenvalue weighted by atomic mass is 127. The molecule has 4 aromatic rings. The molecule has 0 saturated carbocycles. The number of halogens is 1. The summed E-state index contributed by atoms with van der Waals surface area (Å²) < 4.78 is 5.88. The molecule has 2 aromatic heterocycles. The van der Waals surface area contributed by atoms with Crippen LogP contribution in [-0.2, 0) is 0 Å². The third-order valence-corrected chi connectivity index (χ3v) is 4.80. The normalized spacial score (nSPS) is 10.8. The van der Waals surface area contributed by atoms with Crippen LogP contribution in [0.3, 0.4) is 0 Å². The van der Waals surface area contributed by atoms with Gasteiger partial charge >= 0.3 is 0 Å². The van der Waals surface area contributed by atoms with Crippen LogP contribution < -0.4 is 10.2 Å². The molecule has 1 N–H and O–H groups in total. The second-order valence-corrected chi connectivity index (χ2v) is 6.65. The van der Waals surface area contributed by atoms with Crippen molar-refractivity contribution in [2.75, 3.05) is 16.8 Å². The second-order valence-electron chi connectivity index (χ2n) is 5.49. The number of hydrogen-bond donors (Lipinski definition) is 1. The van der Waals surface area contributed by atoms with Gasteiger partial charge in [-0.15, -0.1) is 0 Å². The zero-order chi connectivity index (χ0) is 17.9. The van der Waals surface area contributed by atoms with Crippen LogP contribution in [0.1, 0.15) is 6.92 Å². The monoisotopic (exact) mass is 458 g/mol. The first-order valence-corrected chi connectivity index (χ1v) is 9.18. The van der Waals surface area contributed by atoms with Crippen LogP contribution in [0.15, 0.2) is 59.2 Å². The van der Waals surface area contributed by atoms with E-state index in [4.69, 9.17) is 4.63 Å². The van der Waals surface area contributed by atoms with Crippen molar-refractivity contribution < 1.29 is 4.63 Å². The number of anilines is 4.